The smallest absolute Gasteiger partial charge is 0.274 e. The number of benzene rings is 1. The van der Waals surface area contributed by atoms with E-state index in [1.807, 2.05) is 48.8 Å². The highest BCUT2D eigenvalue weighted by molar-refractivity contribution is 7.07. The Morgan fingerprint density at radius 1 is 1.22 bits per heavy atom. The normalized spacial score (nSPS) is 18.2. The van der Waals surface area contributed by atoms with Gasteiger partial charge in [-0.25, -0.2) is 9.97 Å². The van der Waals surface area contributed by atoms with E-state index in [0.717, 1.165) is 35.3 Å². The van der Waals surface area contributed by atoms with Crippen molar-refractivity contribution < 1.29 is 9.32 Å². The Morgan fingerprint density at radius 2 is 2.14 bits per heavy atom. The molecule has 7 rings (SSSR count). The lowest BCUT2D eigenvalue weighted by Crippen LogP contribution is -2.15. The van der Waals surface area contributed by atoms with Gasteiger partial charge in [-0.15, -0.1) is 11.3 Å². The van der Waals surface area contributed by atoms with E-state index in [-0.39, 0.29) is 11.9 Å². The number of nitrogens with one attached hydrogen (secondary N) is 2. The third-order valence-corrected chi connectivity index (χ3v) is 7.86. The van der Waals surface area contributed by atoms with Crippen LogP contribution >= 0.6 is 11.3 Å². The van der Waals surface area contributed by atoms with Crippen LogP contribution in [0.15, 0.2) is 58.1 Å². The largest absolute Gasteiger partial charge is 0.337 e. The van der Waals surface area contributed by atoms with Crippen molar-refractivity contribution in [2.24, 2.45) is 5.41 Å². The number of rotatable bonds is 5. The van der Waals surface area contributed by atoms with Crippen LogP contribution in [0.4, 0.5) is 5.69 Å². The Kier molecular flexibility index (Phi) is 4.80. The van der Waals surface area contributed by atoms with E-state index in [1.54, 1.807) is 27.4 Å². The van der Waals surface area contributed by atoms with E-state index >= 15 is 0 Å². The third-order valence-electron chi connectivity index (χ3n) is 7.28. The highest BCUT2D eigenvalue weighted by atomic mass is 32.1. The van der Waals surface area contributed by atoms with Gasteiger partial charge in [0.05, 0.1) is 23.4 Å². The van der Waals surface area contributed by atoms with Crippen LogP contribution in [0.25, 0.3) is 28.3 Å². The van der Waals surface area contributed by atoms with Crippen molar-refractivity contribution in [2.45, 2.75) is 32.2 Å². The van der Waals surface area contributed by atoms with Crippen molar-refractivity contribution >= 4 is 28.6 Å². The summed E-state index contributed by atoms with van der Waals surface area (Å²) < 4.78 is 7.37. The number of thiazole rings is 1. The highest BCUT2D eigenvalue weighted by Crippen LogP contribution is 2.54. The molecule has 2 aliphatic rings. The second-order valence-corrected chi connectivity index (χ2v) is 10.5. The van der Waals surface area contributed by atoms with Gasteiger partial charge in [0.2, 0.25) is 11.7 Å². The van der Waals surface area contributed by atoms with Crippen molar-refractivity contribution in [1.82, 2.24) is 29.8 Å². The molecule has 1 amide bonds. The van der Waals surface area contributed by atoms with E-state index in [9.17, 15) is 4.79 Å². The first-order valence-electron chi connectivity index (χ1n) is 11.9. The van der Waals surface area contributed by atoms with Gasteiger partial charge < -0.3 is 15.2 Å². The third kappa shape index (κ3) is 3.69. The number of fused-ring (bicyclic) bond motifs is 1. The van der Waals surface area contributed by atoms with Gasteiger partial charge in [-0.2, -0.15) is 4.98 Å². The Bertz CT molecular complexity index is 1600. The van der Waals surface area contributed by atoms with Crippen LogP contribution in [0.2, 0.25) is 0 Å². The monoisotopic (exact) mass is 497 g/mol. The number of aryl methyl sites for hydroxylation is 1. The summed E-state index contributed by atoms with van der Waals surface area (Å²) in [4.78, 5) is 26.6. The summed E-state index contributed by atoms with van der Waals surface area (Å²) in [5, 5.41) is 12.7. The second-order valence-electron chi connectivity index (χ2n) is 9.74. The van der Waals surface area contributed by atoms with Crippen molar-refractivity contribution in [3.8, 4) is 22.6 Å². The standard InChI is InChI=1S/C26H23N7O2S/c1-15-2-3-17(23-31-25(35-32-23)19-10-26(5-6-26)13-28-19)8-18(15)30-24(34)21-11-27-22-9-16(4-7-33(21)22)20-12-36-14-29-20/h2-4,7-9,11-12,14,19,28H,5-6,10,13H2,1H3,(H,30,34)/t19-/m0/s1. The van der Waals surface area contributed by atoms with E-state index < -0.39 is 0 Å². The maximum atomic E-state index is 13.2. The molecule has 1 aliphatic carbocycles. The van der Waals surface area contributed by atoms with Gasteiger partial charge in [0.25, 0.3) is 5.91 Å². The molecule has 5 aromatic rings. The van der Waals surface area contributed by atoms with E-state index in [0.29, 0.717) is 34.2 Å². The zero-order valence-electron chi connectivity index (χ0n) is 19.6. The highest BCUT2D eigenvalue weighted by Gasteiger charge is 2.49. The number of nitrogens with zero attached hydrogens (tertiary/aromatic N) is 5. The minimum Gasteiger partial charge on any atom is -0.337 e. The summed E-state index contributed by atoms with van der Waals surface area (Å²) in [6, 6.07) is 9.75. The van der Waals surface area contributed by atoms with Gasteiger partial charge in [0, 0.05) is 34.9 Å². The van der Waals surface area contributed by atoms with Gasteiger partial charge in [-0.3, -0.25) is 9.20 Å². The number of hydrogen-bond acceptors (Lipinski definition) is 8. The van der Waals surface area contributed by atoms with Crippen molar-refractivity contribution in [1.29, 1.82) is 0 Å². The molecular formula is C26H23N7O2S. The molecule has 0 radical (unpaired) electrons. The fourth-order valence-corrected chi connectivity index (χ4v) is 5.45. The van der Waals surface area contributed by atoms with Crippen LogP contribution in [0.3, 0.4) is 0 Å². The Balaban J connectivity index is 1.12. The average Bonchev–Trinajstić information content (AvgIpc) is 3.42. The molecule has 10 heteroatoms. The molecule has 4 aromatic heterocycles. The van der Waals surface area contributed by atoms with E-state index in [1.165, 1.54) is 12.8 Å². The summed E-state index contributed by atoms with van der Waals surface area (Å²) in [6.45, 7) is 2.97. The second kappa shape index (κ2) is 8.07. The Hall–Kier alpha value is -3.89. The Labute approximate surface area is 210 Å². The maximum Gasteiger partial charge on any atom is 0.274 e. The lowest BCUT2D eigenvalue weighted by atomic mass is 10.0. The molecule has 1 saturated heterocycles. The average molecular weight is 498 g/mol. The van der Waals surface area contributed by atoms with Gasteiger partial charge in [-0.1, -0.05) is 17.3 Å². The summed E-state index contributed by atoms with van der Waals surface area (Å²) in [5.41, 5.74) is 7.64. The summed E-state index contributed by atoms with van der Waals surface area (Å²) in [7, 11) is 0. The van der Waals surface area contributed by atoms with Gasteiger partial charge >= 0.3 is 0 Å². The molecular weight excluding hydrogens is 474 g/mol. The zero-order chi connectivity index (χ0) is 24.3. The van der Waals surface area contributed by atoms with Crippen LogP contribution in [0.5, 0.6) is 0 Å². The van der Waals surface area contributed by atoms with Crippen LogP contribution in [0.1, 0.15) is 47.2 Å². The molecule has 1 saturated carbocycles. The molecule has 1 aromatic carbocycles. The molecule has 0 bridgehead atoms. The quantitative estimate of drug-likeness (QED) is 0.356. The number of carbonyl (C=O) groups excluding carboxylic acids is 1. The first-order chi connectivity index (χ1) is 17.6. The minimum atomic E-state index is -0.247. The van der Waals surface area contributed by atoms with Gasteiger partial charge in [0.1, 0.15) is 11.3 Å². The molecule has 5 heterocycles. The molecule has 1 atom stereocenters. The minimum absolute atomic E-state index is 0.115. The number of imidazole rings is 1. The lowest BCUT2D eigenvalue weighted by molar-refractivity contribution is 0.102. The lowest BCUT2D eigenvalue weighted by Gasteiger charge is -2.10. The SMILES string of the molecule is Cc1ccc(-c2noc([C@@H]3CC4(CC4)CN3)n2)cc1NC(=O)c1cnc2cc(-c3cscn3)ccn12. The molecule has 9 nitrogen and oxygen atoms in total. The first-order valence-corrected chi connectivity index (χ1v) is 12.9. The molecule has 2 N–H and O–H groups in total. The van der Waals surface area contributed by atoms with Crippen molar-refractivity contribution in [3.63, 3.8) is 0 Å². The van der Waals surface area contributed by atoms with Gasteiger partial charge in [0.15, 0.2) is 0 Å². The maximum absolute atomic E-state index is 13.2. The van der Waals surface area contributed by atoms with Crippen LogP contribution < -0.4 is 10.6 Å². The van der Waals surface area contributed by atoms with Gasteiger partial charge in [-0.05, 0) is 55.4 Å². The van der Waals surface area contributed by atoms with Crippen molar-refractivity contribution in [3.05, 3.63) is 70.8 Å². The number of carbonyl (C=O) groups is 1. The molecule has 1 aliphatic heterocycles. The molecule has 1 spiro atoms. The summed E-state index contributed by atoms with van der Waals surface area (Å²) in [5.74, 6) is 0.897. The zero-order valence-corrected chi connectivity index (χ0v) is 20.4. The summed E-state index contributed by atoms with van der Waals surface area (Å²) >= 11 is 1.54. The van der Waals surface area contributed by atoms with Crippen LogP contribution in [-0.4, -0.2) is 37.0 Å². The fraction of sp³-hybridized carbons (Fsp3) is 0.269. The predicted octanol–water partition coefficient (Wildman–Crippen LogP) is 4.88. The first kappa shape index (κ1) is 21.4. The number of amides is 1. The molecule has 180 valence electrons. The van der Waals surface area contributed by atoms with Crippen LogP contribution in [-0.2, 0) is 0 Å². The Morgan fingerprint density at radius 3 is 2.94 bits per heavy atom. The van der Waals surface area contributed by atoms with Crippen molar-refractivity contribution in [2.75, 3.05) is 11.9 Å². The number of hydrogen-bond donors (Lipinski definition) is 2. The topological polar surface area (TPSA) is 110 Å². The predicted molar refractivity (Wildman–Crippen MR) is 136 cm³/mol. The number of aromatic nitrogens is 5. The summed E-state index contributed by atoms with van der Waals surface area (Å²) in [6.07, 6.45) is 7.03. The van der Waals surface area contributed by atoms with E-state index in [2.05, 4.69) is 30.7 Å². The van der Waals surface area contributed by atoms with Crippen LogP contribution in [0, 0.1) is 12.3 Å². The number of pyridine rings is 1. The molecule has 2 fully saturated rings. The molecule has 0 unspecified atom stereocenters. The number of anilines is 1. The fourth-order valence-electron chi connectivity index (χ4n) is 4.89. The molecule has 36 heavy (non-hydrogen) atoms. The van der Waals surface area contributed by atoms with E-state index in [4.69, 9.17) is 4.52 Å².